The van der Waals surface area contributed by atoms with Crippen molar-refractivity contribution in [3.05, 3.63) is 16.5 Å². The molecule has 7 nitrogen and oxygen atoms in total. The fourth-order valence-corrected chi connectivity index (χ4v) is 5.34. The molecule has 0 spiro atoms. The highest BCUT2D eigenvalue weighted by Crippen LogP contribution is 2.29. The van der Waals surface area contributed by atoms with E-state index in [-0.39, 0.29) is 23.2 Å². The van der Waals surface area contributed by atoms with Crippen LogP contribution in [-0.4, -0.2) is 48.8 Å². The van der Waals surface area contributed by atoms with Crippen LogP contribution in [0.15, 0.2) is 10.3 Å². The number of nitrogens with one attached hydrogen (secondary N) is 1. The quantitative estimate of drug-likeness (QED) is 0.764. The summed E-state index contributed by atoms with van der Waals surface area (Å²) in [5, 5.41) is 11.6. The van der Waals surface area contributed by atoms with Gasteiger partial charge >= 0.3 is 5.97 Å². The molecule has 0 aliphatic carbocycles. The summed E-state index contributed by atoms with van der Waals surface area (Å²) in [6.45, 7) is 6.03. The van der Waals surface area contributed by atoms with E-state index >= 15 is 0 Å². The number of carboxylic acids is 1. The van der Waals surface area contributed by atoms with Crippen LogP contribution in [0.2, 0.25) is 0 Å². The highest BCUT2D eigenvalue weighted by Gasteiger charge is 2.34. The molecule has 1 aromatic heterocycles. The Morgan fingerprint density at radius 2 is 2.00 bits per heavy atom. The Labute approximate surface area is 134 Å². The van der Waals surface area contributed by atoms with Gasteiger partial charge in [0.05, 0.1) is 0 Å². The van der Waals surface area contributed by atoms with Crippen molar-refractivity contribution in [3.63, 3.8) is 0 Å². The third kappa shape index (κ3) is 4.28. The van der Waals surface area contributed by atoms with Gasteiger partial charge in [-0.3, -0.25) is 9.59 Å². The Hall–Kier alpha value is -1.45. The van der Waals surface area contributed by atoms with Crippen LogP contribution in [-0.2, 0) is 19.6 Å². The number of amides is 1. The third-order valence-electron chi connectivity index (χ3n) is 3.03. The van der Waals surface area contributed by atoms with Gasteiger partial charge in [0.1, 0.15) is 10.3 Å². The fourth-order valence-electron chi connectivity index (χ4n) is 1.97. The second kappa shape index (κ2) is 7.21. The number of aliphatic carboxylic acids is 1. The van der Waals surface area contributed by atoms with Gasteiger partial charge in [-0.05, 0) is 32.4 Å². The first kappa shape index (κ1) is 18.6. The lowest BCUT2D eigenvalue weighted by Gasteiger charge is -2.25. The maximum Gasteiger partial charge on any atom is 0.321 e. The number of carbonyl (C=O) groups excluding carboxylic acids is 1. The summed E-state index contributed by atoms with van der Waals surface area (Å²) < 4.78 is 26.5. The number of nitrogens with zero attached hydrogens (tertiary/aromatic N) is 1. The molecule has 9 heteroatoms. The number of hydrogen-bond donors (Lipinski definition) is 2. The molecule has 1 heterocycles. The van der Waals surface area contributed by atoms with Crippen LogP contribution in [0.4, 0.5) is 0 Å². The van der Waals surface area contributed by atoms with E-state index in [2.05, 4.69) is 5.32 Å². The molecule has 0 saturated heterocycles. The van der Waals surface area contributed by atoms with E-state index in [1.54, 1.807) is 19.9 Å². The molecule has 1 rings (SSSR count). The van der Waals surface area contributed by atoms with Crippen molar-refractivity contribution in [2.75, 3.05) is 13.1 Å². The molecule has 0 fully saturated rings. The van der Waals surface area contributed by atoms with Crippen LogP contribution in [0.1, 0.15) is 24.3 Å². The SMILES string of the molecule is CC(=O)NCCN(C(C)C(=O)O)S(=O)(=O)c1sc(C)cc1C. The average Bonchev–Trinajstić information content (AvgIpc) is 2.73. The molecule has 124 valence electrons. The zero-order chi connectivity index (χ0) is 17.1. The van der Waals surface area contributed by atoms with Gasteiger partial charge in [-0.15, -0.1) is 11.3 Å². The first-order valence-electron chi connectivity index (χ1n) is 6.63. The molecule has 0 bridgehead atoms. The van der Waals surface area contributed by atoms with Crippen LogP contribution in [0.5, 0.6) is 0 Å². The molecule has 2 N–H and O–H groups in total. The van der Waals surface area contributed by atoms with Gasteiger partial charge in [-0.1, -0.05) is 0 Å². The second-order valence-corrected chi connectivity index (χ2v) is 8.28. The molecule has 1 aromatic rings. The lowest BCUT2D eigenvalue weighted by atomic mass is 10.3. The van der Waals surface area contributed by atoms with Gasteiger partial charge in [-0.2, -0.15) is 4.31 Å². The average molecular weight is 348 g/mol. The van der Waals surface area contributed by atoms with Crippen LogP contribution in [0.3, 0.4) is 0 Å². The number of rotatable bonds is 7. The second-order valence-electron chi connectivity index (χ2n) is 4.94. The summed E-state index contributed by atoms with van der Waals surface area (Å²) in [5.41, 5.74) is 0.588. The number of carbonyl (C=O) groups is 2. The van der Waals surface area contributed by atoms with E-state index in [0.717, 1.165) is 20.5 Å². The summed E-state index contributed by atoms with van der Waals surface area (Å²) in [6.07, 6.45) is 0. The van der Waals surface area contributed by atoms with Gasteiger partial charge in [0.25, 0.3) is 10.0 Å². The molecule has 0 aliphatic rings. The van der Waals surface area contributed by atoms with Crippen LogP contribution >= 0.6 is 11.3 Å². The van der Waals surface area contributed by atoms with Crippen LogP contribution in [0.25, 0.3) is 0 Å². The summed E-state index contributed by atoms with van der Waals surface area (Å²) in [7, 11) is -3.93. The van der Waals surface area contributed by atoms with E-state index < -0.39 is 22.0 Å². The number of hydrogen-bond acceptors (Lipinski definition) is 5. The highest BCUT2D eigenvalue weighted by atomic mass is 32.2. The molecular formula is C13H20N2O5S2. The topological polar surface area (TPSA) is 104 Å². The van der Waals surface area contributed by atoms with Crippen molar-refractivity contribution in [3.8, 4) is 0 Å². The van der Waals surface area contributed by atoms with E-state index in [0.29, 0.717) is 5.56 Å². The summed E-state index contributed by atoms with van der Waals surface area (Å²) in [6, 6.07) is 0.523. The Bertz CT molecular complexity index is 666. The predicted octanol–water partition coefficient (Wildman–Crippen LogP) is 0.965. The minimum atomic E-state index is -3.93. The molecule has 22 heavy (non-hydrogen) atoms. The molecule has 1 atom stereocenters. The first-order valence-corrected chi connectivity index (χ1v) is 8.89. The normalized spacial score (nSPS) is 13.1. The lowest BCUT2D eigenvalue weighted by Crippen LogP contribution is -2.46. The minimum Gasteiger partial charge on any atom is -0.480 e. The number of thiophene rings is 1. The van der Waals surface area contributed by atoms with Crippen LogP contribution < -0.4 is 5.32 Å². The number of aryl methyl sites for hydroxylation is 2. The van der Waals surface area contributed by atoms with E-state index in [1.807, 2.05) is 0 Å². The van der Waals surface area contributed by atoms with E-state index in [4.69, 9.17) is 5.11 Å². The van der Waals surface area contributed by atoms with Gasteiger partial charge < -0.3 is 10.4 Å². The van der Waals surface area contributed by atoms with E-state index in [9.17, 15) is 18.0 Å². The fraction of sp³-hybridized carbons (Fsp3) is 0.538. The summed E-state index contributed by atoms with van der Waals surface area (Å²) in [5.74, 6) is -1.54. The zero-order valence-electron chi connectivity index (χ0n) is 12.9. The van der Waals surface area contributed by atoms with Crippen molar-refractivity contribution in [2.24, 2.45) is 0 Å². The first-order chi connectivity index (χ1) is 10.1. The van der Waals surface area contributed by atoms with Crippen molar-refractivity contribution < 1.29 is 23.1 Å². The maximum absolute atomic E-state index is 12.7. The van der Waals surface area contributed by atoms with Crippen molar-refractivity contribution in [1.82, 2.24) is 9.62 Å². The monoisotopic (exact) mass is 348 g/mol. The smallest absolute Gasteiger partial charge is 0.321 e. The molecule has 0 radical (unpaired) electrons. The predicted molar refractivity (Wildman–Crippen MR) is 83.5 cm³/mol. The molecule has 0 aliphatic heterocycles. The Morgan fingerprint density at radius 1 is 1.41 bits per heavy atom. The molecule has 0 saturated carbocycles. The summed E-state index contributed by atoms with van der Waals surface area (Å²) >= 11 is 1.11. The lowest BCUT2D eigenvalue weighted by molar-refractivity contribution is -0.140. The van der Waals surface area contributed by atoms with Gasteiger partial charge in [0.2, 0.25) is 5.91 Å². The Balaban J connectivity index is 3.15. The standard InChI is InChI=1S/C13H20N2O5S2/c1-8-7-9(2)21-13(8)22(19,20)15(10(3)12(17)18)6-5-14-11(4)16/h7,10H,5-6H2,1-4H3,(H,14,16)(H,17,18). The minimum absolute atomic E-state index is 0.0512. The summed E-state index contributed by atoms with van der Waals surface area (Å²) in [4.78, 5) is 23.0. The van der Waals surface area contributed by atoms with Crippen LogP contribution in [0, 0.1) is 13.8 Å². The van der Waals surface area contributed by atoms with Gasteiger partial charge in [-0.25, -0.2) is 8.42 Å². The Morgan fingerprint density at radius 3 is 2.41 bits per heavy atom. The van der Waals surface area contributed by atoms with Gasteiger partial charge in [0, 0.05) is 24.9 Å². The third-order valence-corrected chi connectivity index (χ3v) is 6.77. The molecular weight excluding hydrogens is 328 g/mol. The van der Waals surface area contributed by atoms with E-state index in [1.165, 1.54) is 13.8 Å². The largest absolute Gasteiger partial charge is 0.480 e. The van der Waals surface area contributed by atoms with Crippen molar-refractivity contribution in [1.29, 1.82) is 0 Å². The molecule has 1 amide bonds. The number of carboxylic acid groups (broad SMARTS) is 1. The van der Waals surface area contributed by atoms with Gasteiger partial charge in [0.15, 0.2) is 0 Å². The number of sulfonamides is 1. The molecule has 0 aromatic carbocycles. The zero-order valence-corrected chi connectivity index (χ0v) is 14.5. The van der Waals surface area contributed by atoms with Crippen molar-refractivity contribution >= 4 is 33.2 Å². The maximum atomic E-state index is 12.7. The Kier molecular flexibility index (Phi) is 6.09. The molecule has 1 unspecified atom stereocenters. The highest BCUT2D eigenvalue weighted by molar-refractivity contribution is 7.91. The van der Waals surface area contributed by atoms with Crippen molar-refractivity contribution in [2.45, 2.75) is 37.9 Å².